The van der Waals surface area contributed by atoms with Crippen LogP contribution >= 0.6 is 0 Å². The molecule has 0 saturated carbocycles. The van der Waals surface area contributed by atoms with Crippen LogP contribution in [-0.2, 0) is 6.54 Å². The smallest absolute Gasteiger partial charge is 0.256 e. The lowest BCUT2D eigenvalue weighted by atomic mass is 9.92. The summed E-state index contributed by atoms with van der Waals surface area (Å²) in [7, 11) is 2.12. The third-order valence-electron chi connectivity index (χ3n) is 7.57. The second kappa shape index (κ2) is 13.6. The summed E-state index contributed by atoms with van der Waals surface area (Å²) >= 11 is 0. The minimum atomic E-state index is -1.28. The number of nitrogens with one attached hydrogen (secondary N) is 2. The van der Waals surface area contributed by atoms with Crippen molar-refractivity contribution in [3.63, 3.8) is 0 Å². The van der Waals surface area contributed by atoms with E-state index in [1.165, 1.54) is 28.8 Å². The Morgan fingerprint density at radius 2 is 1.64 bits per heavy atom. The molecule has 2 aliphatic heterocycles. The molecule has 2 heterocycles. The maximum Gasteiger partial charge on any atom is 0.256 e. The summed E-state index contributed by atoms with van der Waals surface area (Å²) in [6.45, 7) is 10.5. The molecule has 3 aromatic carbocycles. The Kier molecular flexibility index (Phi) is 10.1. The van der Waals surface area contributed by atoms with E-state index in [2.05, 4.69) is 39.6 Å². The second-order valence-corrected chi connectivity index (χ2v) is 10.8. The number of para-hydroxylation sites is 1. The van der Waals surface area contributed by atoms with Crippen LogP contribution in [0.4, 0.5) is 30.2 Å². The third kappa shape index (κ3) is 7.06. The number of hydrogen-bond donors (Lipinski definition) is 3. The van der Waals surface area contributed by atoms with Crippen LogP contribution in [0.25, 0.3) is 0 Å². The lowest BCUT2D eigenvalue weighted by Gasteiger charge is -2.46. The molecule has 2 saturated heterocycles. The Bertz CT molecular complexity index is 1390. The van der Waals surface area contributed by atoms with Gasteiger partial charge in [-0.2, -0.15) is 0 Å². The van der Waals surface area contributed by atoms with E-state index in [1.54, 1.807) is 13.0 Å². The summed E-state index contributed by atoms with van der Waals surface area (Å²) in [6, 6.07) is 14.5. The maximum absolute atomic E-state index is 14.8. The summed E-state index contributed by atoms with van der Waals surface area (Å²) in [4.78, 5) is 19.3. The number of β-amino-alcohol motifs (C(OH)–C–C–N with tert-alkyl or cyclic N) is 1. The number of aliphatic hydroxyl groups is 1. The highest BCUT2D eigenvalue weighted by Gasteiger charge is 2.44. The minimum absolute atomic E-state index is 0.0241. The molecule has 42 heavy (non-hydrogen) atoms. The van der Waals surface area contributed by atoms with Gasteiger partial charge in [0.2, 0.25) is 0 Å². The molecule has 2 aliphatic rings. The lowest BCUT2D eigenvalue weighted by molar-refractivity contribution is -0.0787. The Balaban J connectivity index is 0.00000198. The molecule has 3 N–H and O–H groups in total. The van der Waals surface area contributed by atoms with E-state index in [4.69, 9.17) is 0 Å². The zero-order valence-electron chi connectivity index (χ0n) is 24.7. The van der Waals surface area contributed by atoms with Crippen LogP contribution in [-0.4, -0.2) is 79.3 Å². The molecule has 0 bridgehead atoms. The number of hydrogen-bond acceptors (Lipinski definition) is 6. The van der Waals surface area contributed by atoms with E-state index in [-0.39, 0.29) is 30.9 Å². The zero-order chi connectivity index (χ0) is 30.4. The van der Waals surface area contributed by atoms with Gasteiger partial charge >= 0.3 is 0 Å². The highest BCUT2D eigenvalue weighted by atomic mass is 19.2. The number of carbonyl (C=O) groups excluding carboxylic acids is 1. The van der Waals surface area contributed by atoms with E-state index in [0.29, 0.717) is 12.1 Å². The number of likely N-dealkylation sites (tertiary alicyclic amines) is 1. The molecule has 2 fully saturated rings. The van der Waals surface area contributed by atoms with Gasteiger partial charge < -0.3 is 30.4 Å². The second-order valence-electron chi connectivity index (χ2n) is 10.8. The molecule has 0 aromatic heterocycles. The van der Waals surface area contributed by atoms with Crippen LogP contribution in [0, 0.1) is 24.4 Å². The van der Waals surface area contributed by atoms with Gasteiger partial charge in [0.05, 0.1) is 30.0 Å². The molecular weight excluding hydrogens is 543 g/mol. The van der Waals surface area contributed by atoms with Crippen molar-refractivity contribution in [1.82, 2.24) is 15.1 Å². The Hall–Kier alpha value is -3.60. The summed E-state index contributed by atoms with van der Waals surface area (Å²) in [5.41, 5.74) is 1.14. The first kappa shape index (κ1) is 31.3. The molecular formula is C32H40F3N5O2. The van der Waals surface area contributed by atoms with Gasteiger partial charge in [-0.25, -0.2) is 13.2 Å². The molecule has 0 spiro atoms. The first-order valence-electron chi connectivity index (χ1n) is 14.4. The highest BCUT2D eigenvalue weighted by molar-refractivity contribution is 6.01. The van der Waals surface area contributed by atoms with Gasteiger partial charge in [0, 0.05) is 45.0 Å². The molecule has 0 radical (unpaired) electrons. The lowest BCUT2D eigenvalue weighted by Crippen LogP contribution is -2.67. The SMILES string of the molecule is CC.Cc1ccc(Nc2c(C(=O)N3CC(O)(CNCc4ccccc4N4CCN(C)CC4)C3)ccc(F)c2F)c(F)c1. The van der Waals surface area contributed by atoms with Crippen LogP contribution in [0.15, 0.2) is 54.6 Å². The van der Waals surface area contributed by atoms with Crippen molar-refractivity contribution < 1.29 is 23.1 Å². The topological polar surface area (TPSA) is 71.1 Å². The normalized spacial score (nSPS) is 16.4. The van der Waals surface area contributed by atoms with Crippen LogP contribution in [0.1, 0.15) is 35.3 Å². The first-order valence-corrected chi connectivity index (χ1v) is 14.4. The minimum Gasteiger partial charge on any atom is -0.385 e. The molecule has 5 rings (SSSR count). The van der Waals surface area contributed by atoms with Gasteiger partial charge in [0.1, 0.15) is 11.4 Å². The monoisotopic (exact) mass is 583 g/mol. The number of nitrogens with zero attached hydrogens (tertiary/aromatic N) is 3. The Morgan fingerprint density at radius 3 is 2.33 bits per heavy atom. The fraction of sp³-hybridized carbons (Fsp3) is 0.406. The molecule has 10 heteroatoms. The summed E-state index contributed by atoms with van der Waals surface area (Å²) in [5, 5.41) is 16.9. The van der Waals surface area contributed by atoms with Crippen molar-refractivity contribution in [1.29, 1.82) is 0 Å². The van der Waals surface area contributed by atoms with Gasteiger partial charge in [-0.15, -0.1) is 0 Å². The van der Waals surface area contributed by atoms with Crippen LogP contribution < -0.4 is 15.5 Å². The van der Waals surface area contributed by atoms with Gasteiger partial charge in [-0.05, 0) is 55.4 Å². The third-order valence-corrected chi connectivity index (χ3v) is 7.57. The fourth-order valence-electron chi connectivity index (χ4n) is 5.24. The standard InChI is InChI=1S/C30H34F3N5O2.C2H6/c1-20-7-10-25(24(32)15-20)35-28-22(8-9-23(31)27(28)33)29(39)38-18-30(40,19-38)17-34-16-21-5-3-4-6-26(21)37-13-11-36(2)12-14-37;1-2/h3-10,15,34-35,40H,11-14,16-19H2,1-2H3;1-2H3. The van der Waals surface area contributed by atoms with Crippen molar-refractivity contribution in [3.05, 3.63) is 88.7 Å². The molecule has 3 aromatic rings. The predicted octanol–water partition coefficient (Wildman–Crippen LogP) is 4.91. The molecule has 7 nitrogen and oxygen atoms in total. The van der Waals surface area contributed by atoms with Gasteiger partial charge in [0.15, 0.2) is 11.6 Å². The van der Waals surface area contributed by atoms with Crippen molar-refractivity contribution in [2.75, 3.05) is 63.1 Å². The number of anilines is 3. The molecule has 0 aliphatic carbocycles. The van der Waals surface area contributed by atoms with Gasteiger partial charge in [-0.1, -0.05) is 38.1 Å². The number of benzene rings is 3. The summed E-state index contributed by atoms with van der Waals surface area (Å²) < 4.78 is 43.2. The number of carbonyl (C=O) groups is 1. The molecule has 0 atom stereocenters. The van der Waals surface area contributed by atoms with E-state index in [9.17, 15) is 23.1 Å². The van der Waals surface area contributed by atoms with Gasteiger partial charge in [-0.3, -0.25) is 4.79 Å². The number of likely N-dealkylation sites (N-methyl/N-ethyl adjacent to an activating group) is 1. The number of aryl methyl sites for hydroxylation is 1. The quantitative estimate of drug-likeness (QED) is 0.350. The van der Waals surface area contributed by atoms with E-state index >= 15 is 0 Å². The van der Waals surface area contributed by atoms with Crippen molar-refractivity contribution in [2.24, 2.45) is 0 Å². The van der Waals surface area contributed by atoms with Crippen LogP contribution in [0.3, 0.4) is 0 Å². The van der Waals surface area contributed by atoms with E-state index in [0.717, 1.165) is 37.8 Å². The highest BCUT2D eigenvalue weighted by Crippen LogP contribution is 2.31. The van der Waals surface area contributed by atoms with Crippen LogP contribution in [0.5, 0.6) is 0 Å². The largest absolute Gasteiger partial charge is 0.385 e. The molecule has 226 valence electrons. The number of rotatable bonds is 8. The molecule has 1 amide bonds. The first-order chi connectivity index (χ1) is 20.1. The van der Waals surface area contributed by atoms with Crippen LogP contribution in [0.2, 0.25) is 0 Å². The molecule has 0 unspecified atom stereocenters. The Morgan fingerprint density at radius 1 is 0.952 bits per heavy atom. The van der Waals surface area contributed by atoms with Gasteiger partial charge in [0.25, 0.3) is 5.91 Å². The predicted molar refractivity (Wildman–Crippen MR) is 161 cm³/mol. The summed E-state index contributed by atoms with van der Waals surface area (Å²) in [6.07, 6.45) is 0. The zero-order valence-corrected chi connectivity index (χ0v) is 24.7. The fourth-order valence-corrected chi connectivity index (χ4v) is 5.24. The number of amides is 1. The maximum atomic E-state index is 14.8. The number of piperazine rings is 1. The average Bonchev–Trinajstić information content (AvgIpc) is 2.97. The van der Waals surface area contributed by atoms with Crippen molar-refractivity contribution in [2.45, 2.75) is 32.9 Å². The summed E-state index contributed by atoms with van der Waals surface area (Å²) in [5.74, 6) is -3.67. The Labute approximate surface area is 245 Å². The van der Waals surface area contributed by atoms with Crippen molar-refractivity contribution in [3.8, 4) is 0 Å². The van der Waals surface area contributed by atoms with Crippen molar-refractivity contribution >= 4 is 23.0 Å². The van der Waals surface area contributed by atoms with E-state index in [1.807, 2.05) is 26.0 Å². The average molecular weight is 584 g/mol. The number of halogens is 3. The van der Waals surface area contributed by atoms with E-state index < -0.39 is 34.6 Å².